The van der Waals surface area contributed by atoms with Gasteiger partial charge in [0.15, 0.2) is 0 Å². The first-order chi connectivity index (χ1) is 11.3. The summed E-state index contributed by atoms with van der Waals surface area (Å²) in [6.07, 6.45) is -2.83. The molecular weight excluding hydrogens is 321 g/mol. The second-order valence-corrected chi connectivity index (χ2v) is 5.27. The number of carbonyl (C=O) groups excluding carboxylic acids is 1. The number of aromatic nitrogens is 1. The number of pyridine rings is 1. The van der Waals surface area contributed by atoms with Crippen molar-refractivity contribution in [3.8, 4) is 5.75 Å². The molecule has 0 spiro atoms. The second-order valence-electron chi connectivity index (χ2n) is 5.27. The number of halogens is 3. The number of aryl methyl sites for hydroxylation is 2. The number of nitrogens with zero attached hydrogens (tertiary/aromatic N) is 1. The SMILES string of the molecule is Cc1cc(C(=O)NCCOc2ccc(C(F)(F)F)cc2C)ccn1. The second kappa shape index (κ2) is 7.33. The highest BCUT2D eigenvalue weighted by atomic mass is 19.4. The van der Waals surface area contributed by atoms with Gasteiger partial charge in [0.1, 0.15) is 12.4 Å². The monoisotopic (exact) mass is 338 g/mol. The van der Waals surface area contributed by atoms with E-state index in [1.807, 2.05) is 0 Å². The molecule has 4 nitrogen and oxygen atoms in total. The standard InChI is InChI=1S/C17H17F3N2O2/c1-11-9-14(17(18,19)20)3-4-15(11)24-8-7-22-16(23)13-5-6-21-12(2)10-13/h3-6,9-10H,7-8H2,1-2H3,(H,22,23). The lowest BCUT2D eigenvalue weighted by Gasteiger charge is -2.12. The number of ether oxygens (including phenoxy) is 1. The zero-order chi connectivity index (χ0) is 17.7. The van der Waals surface area contributed by atoms with E-state index in [9.17, 15) is 18.0 Å². The van der Waals surface area contributed by atoms with Gasteiger partial charge in [-0.1, -0.05) is 0 Å². The summed E-state index contributed by atoms with van der Waals surface area (Å²) < 4.78 is 43.2. The van der Waals surface area contributed by atoms with Crippen molar-refractivity contribution in [2.24, 2.45) is 0 Å². The molecule has 0 saturated heterocycles. The van der Waals surface area contributed by atoms with Crippen LogP contribution >= 0.6 is 0 Å². The molecule has 1 aromatic heterocycles. The number of carbonyl (C=O) groups is 1. The number of hydrogen-bond acceptors (Lipinski definition) is 3. The molecule has 0 aliphatic rings. The van der Waals surface area contributed by atoms with Crippen molar-refractivity contribution in [3.63, 3.8) is 0 Å². The first-order valence-corrected chi connectivity index (χ1v) is 7.29. The van der Waals surface area contributed by atoms with Gasteiger partial charge in [-0.3, -0.25) is 9.78 Å². The molecule has 1 N–H and O–H groups in total. The molecule has 2 rings (SSSR count). The maximum Gasteiger partial charge on any atom is 0.416 e. The Labute approximate surface area is 137 Å². The van der Waals surface area contributed by atoms with Gasteiger partial charge in [-0.15, -0.1) is 0 Å². The van der Waals surface area contributed by atoms with Gasteiger partial charge < -0.3 is 10.1 Å². The van der Waals surface area contributed by atoms with Crippen LogP contribution in [0.25, 0.3) is 0 Å². The average molecular weight is 338 g/mol. The summed E-state index contributed by atoms with van der Waals surface area (Å²) in [7, 11) is 0. The Morgan fingerprint density at radius 2 is 1.96 bits per heavy atom. The van der Waals surface area contributed by atoms with Gasteiger partial charge in [0.2, 0.25) is 0 Å². The van der Waals surface area contributed by atoms with E-state index in [0.29, 0.717) is 16.9 Å². The van der Waals surface area contributed by atoms with Gasteiger partial charge in [0.25, 0.3) is 5.91 Å². The predicted octanol–water partition coefficient (Wildman–Crippen LogP) is 3.53. The van der Waals surface area contributed by atoms with E-state index in [1.165, 1.54) is 6.07 Å². The molecule has 0 aliphatic heterocycles. The molecule has 0 unspecified atom stereocenters. The highest BCUT2D eigenvalue weighted by Gasteiger charge is 2.30. The van der Waals surface area contributed by atoms with Crippen molar-refractivity contribution in [3.05, 3.63) is 58.9 Å². The highest BCUT2D eigenvalue weighted by molar-refractivity contribution is 5.94. The van der Waals surface area contributed by atoms with E-state index >= 15 is 0 Å². The smallest absolute Gasteiger partial charge is 0.416 e. The lowest BCUT2D eigenvalue weighted by atomic mass is 10.1. The van der Waals surface area contributed by atoms with Crippen LogP contribution in [0.2, 0.25) is 0 Å². The Hall–Kier alpha value is -2.57. The molecule has 0 fully saturated rings. The quantitative estimate of drug-likeness (QED) is 0.849. The predicted molar refractivity (Wildman–Crippen MR) is 83.0 cm³/mol. The van der Waals surface area contributed by atoms with E-state index < -0.39 is 11.7 Å². The fourth-order valence-electron chi connectivity index (χ4n) is 2.10. The van der Waals surface area contributed by atoms with Crippen molar-refractivity contribution >= 4 is 5.91 Å². The van der Waals surface area contributed by atoms with Gasteiger partial charge in [0, 0.05) is 17.5 Å². The normalized spacial score (nSPS) is 11.2. The van der Waals surface area contributed by atoms with Crippen LogP contribution in [-0.2, 0) is 6.18 Å². The first-order valence-electron chi connectivity index (χ1n) is 7.29. The Kier molecular flexibility index (Phi) is 5.43. The third-order valence-corrected chi connectivity index (χ3v) is 3.31. The molecule has 0 aliphatic carbocycles. The number of alkyl halides is 3. The average Bonchev–Trinajstić information content (AvgIpc) is 2.51. The summed E-state index contributed by atoms with van der Waals surface area (Å²) in [5.41, 5.74) is 0.905. The Morgan fingerprint density at radius 1 is 1.21 bits per heavy atom. The summed E-state index contributed by atoms with van der Waals surface area (Å²) in [5, 5.41) is 2.68. The maximum absolute atomic E-state index is 12.6. The molecule has 0 atom stereocenters. The van der Waals surface area contributed by atoms with E-state index in [2.05, 4.69) is 10.3 Å². The zero-order valence-electron chi connectivity index (χ0n) is 13.3. The van der Waals surface area contributed by atoms with E-state index in [1.54, 1.807) is 32.2 Å². The van der Waals surface area contributed by atoms with Crippen LogP contribution in [0.4, 0.5) is 13.2 Å². The van der Waals surface area contributed by atoms with Crippen molar-refractivity contribution in [1.82, 2.24) is 10.3 Å². The van der Waals surface area contributed by atoms with Gasteiger partial charge in [0.05, 0.1) is 12.1 Å². The lowest BCUT2D eigenvalue weighted by molar-refractivity contribution is -0.137. The molecule has 24 heavy (non-hydrogen) atoms. The van der Waals surface area contributed by atoms with Crippen LogP contribution in [0.5, 0.6) is 5.75 Å². The molecule has 128 valence electrons. The molecule has 0 bridgehead atoms. The van der Waals surface area contributed by atoms with Crippen molar-refractivity contribution < 1.29 is 22.7 Å². The highest BCUT2D eigenvalue weighted by Crippen LogP contribution is 2.32. The number of amides is 1. The van der Waals surface area contributed by atoms with Crippen LogP contribution in [-0.4, -0.2) is 24.0 Å². The van der Waals surface area contributed by atoms with Crippen molar-refractivity contribution in [2.45, 2.75) is 20.0 Å². The summed E-state index contributed by atoms with van der Waals surface area (Å²) in [5.74, 6) is 0.102. The molecule has 7 heteroatoms. The summed E-state index contributed by atoms with van der Waals surface area (Å²) in [6, 6.07) is 6.56. The van der Waals surface area contributed by atoms with Crippen molar-refractivity contribution in [2.75, 3.05) is 13.2 Å². The Bertz CT molecular complexity index is 730. The summed E-state index contributed by atoms with van der Waals surface area (Å²) in [4.78, 5) is 15.9. The van der Waals surface area contributed by atoms with E-state index in [0.717, 1.165) is 17.8 Å². The Morgan fingerprint density at radius 3 is 2.58 bits per heavy atom. The minimum Gasteiger partial charge on any atom is -0.491 e. The fraction of sp³-hybridized carbons (Fsp3) is 0.294. The summed E-state index contributed by atoms with van der Waals surface area (Å²) in [6.45, 7) is 3.72. The number of nitrogens with one attached hydrogen (secondary N) is 1. The zero-order valence-corrected chi connectivity index (χ0v) is 13.3. The Balaban J connectivity index is 1.85. The molecule has 1 aromatic carbocycles. The minimum atomic E-state index is -4.38. The van der Waals surface area contributed by atoms with Crippen LogP contribution in [0.1, 0.15) is 27.2 Å². The molecular formula is C17H17F3N2O2. The van der Waals surface area contributed by atoms with Gasteiger partial charge in [-0.05, 0) is 49.7 Å². The third-order valence-electron chi connectivity index (χ3n) is 3.31. The molecule has 2 aromatic rings. The number of hydrogen-bond donors (Lipinski definition) is 1. The fourth-order valence-corrected chi connectivity index (χ4v) is 2.10. The molecule has 1 heterocycles. The van der Waals surface area contributed by atoms with Crippen LogP contribution in [0.3, 0.4) is 0 Å². The van der Waals surface area contributed by atoms with Crippen LogP contribution < -0.4 is 10.1 Å². The molecule has 0 radical (unpaired) electrons. The van der Waals surface area contributed by atoms with Gasteiger partial charge in [-0.25, -0.2) is 0 Å². The first kappa shape index (κ1) is 17.8. The summed E-state index contributed by atoms with van der Waals surface area (Å²) >= 11 is 0. The van der Waals surface area contributed by atoms with Crippen molar-refractivity contribution in [1.29, 1.82) is 0 Å². The minimum absolute atomic E-state index is 0.155. The van der Waals surface area contributed by atoms with Gasteiger partial charge >= 0.3 is 6.18 Å². The van der Waals surface area contributed by atoms with E-state index in [4.69, 9.17) is 4.74 Å². The largest absolute Gasteiger partial charge is 0.491 e. The van der Waals surface area contributed by atoms with Crippen LogP contribution in [0.15, 0.2) is 36.5 Å². The number of rotatable bonds is 5. The lowest BCUT2D eigenvalue weighted by Crippen LogP contribution is -2.28. The molecule has 1 amide bonds. The molecule has 0 saturated carbocycles. The van der Waals surface area contributed by atoms with Gasteiger partial charge in [-0.2, -0.15) is 13.2 Å². The number of benzene rings is 1. The van der Waals surface area contributed by atoms with E-state index in [-0.39, 0.29) is 19.1 Å². The third kappa shape index (κ3) is 4.71. The topological polar surface area (TPSA) is 51.2 Å². The van der Waals surface area contributed by atoms with Crippen LogP contribution in [0, 0.1) is 13.8 Å². The maximum atomic E-state index is 12.6.